The summed E-state index contributed by atoms with van der Waals surface area (Å²) < 4.78 is 2.05. The molecule has 1 unspecified atom stereocenters. The van der Waals surface area contributed by atoms with Crippen LogP contribution in [0.5, 0.6) is 0 Å². The predicted octanol–water partition coefficient (Wildman–Crippen LogP) is 2.27. The van der Waals surface area contributed by atoms with Gasteiger partial charge in [-0.05, 0) is 25.5 Å². The van der Waals surface area contributed by atoms with Crippen molar-refractivity contribution in [2.24, 2.45) is 0 Å². The van der Waals surface area contributed by atoms with Crippen molar-refractivity contribution in [2.45, 2.75) is 26.4 Å². The zero-order valence-electron chi connectivity index (χ0n) is 10.2. The number of para-hydroxylation sites is 1. The van der Waals surface area contributed by atoms with Gasteiger partial charge >= 0.3 is 0 Å². The van der Waals surface area contributed by atoms with Gasteiger partial charge in [0.2, 0.25) is 0 Å². The average Bonchev–Trinajstić information content (AvgIpc) is 2.77. The van der Waals surface area contributed by atoms with Crippen LogP contribution in [-0.4, -0.2) is 15.6 Å². The molecule has 1 atom stereocenters. The summed E-state index contributed by atoms with van der Waals surface area (Å²) in [5, 5.41) is 3.42. The van der Waals surface area contributed by atoms with Gasteiger partial charge < -0.3 is 15.6 Å². The molecule has 4 nitrogen and oxygen atoms in total. The third-order valence-electron chi connectivity index (χ3n) is 2.77. The molecule has 0 amide bonds. The van der Waals surface area contributed by atoms with E-state index in [-0.39, 0.29) is 0 Å². The fraction of sp³-hybridized carbons (Fsp3) is 0.308. The number of anilines is 2. The van der Waals surface area contributed by atoms with Gasteiger partial charge in [-0.3, -0.25) is 0 Å². The number of hydrogen-bond acceptors (Lipinski definition) is 3. The molecule has 0 saturated heterocycles. The van der Waals surface area contributed by atoms with Crippen molar-refractivity contribution >= 4 is 11.4 Å². The number of nitrogens with two attached hydrogens (primary N) is 1. The third-order valence-corrected chi connectivity index (χ3v) is 2.77. The highest BCUT2D eigenvalue weighted by Gasteiger charge is 2.06. The van der Waals surface area contributed by atoms with E-state index in [0.717, 1.165) is 23.5 Å². The first-order chi connectivity index (χ1) is 8.16. The minimum absolute atomic E-state index is 0.299. The van der Waals surface area contributed by atoms with Crippen LogP contribution in [-0.2, 0) is 6.54 Å². The van der Waals surface area contributed by atoms with Crippen LogP contribution in [0, 0.1) is 6.92 Å². The Kier molecular flexibility index (Phi) is 3.32. The summed E-state index contributed by atoms with van der Waals surface area (Å²) in [5.74, 6) is 0. The summed E-state index contributed by atoms with van der Waals surface area (Å²) >= 11 is 0. The molecule has 0 bridgehead atoms. The lowest BCUT2D eigenvalue weighted by molar-refractivity contribution is 0.619. The average molecular weight is 230 g/mol. The molecule has 2 aromatic rings. The molecule has 3 N–H and O–H groups in total. The first-order valence-electron chi connectivity index (χ1n) is 5.74. The highest BCUT2D eigenvalue weighted by molar-refractivity contribution is 5.69. The Morgan fingerprint density at radius 1 is 1.47 bits per heavy atom. The molecule has 1 aromatic heterocycles. The highest BCUT2D eigenvalue weighted by Crippen LogP contribution is 2.22. The van der Waals surface area contributed by atoms with E-state index in [2.05, 4.69) is 17.2 Å². The Labute approximate surface area is 101 Å². The van der Waals surface area contributed by atoms with Crippen LogP contribution < -0.4 is 11.1 Å². The lowest BCUT2D eigenvalue weighted by atomic mass is 10.1. The van der Waals surface area contributed by atoms with Gasteiger partial charge in [-0.15, -0.1) is 0 Å². The van der Waals surface area contributed by atoms with E-state index in [0.29, 0.717) is 6.04 Å². The van der Waals surface area contributed by atoms with Gasteiger partial charge in [0.05, 0.1) is 17.7 Å². The summed E-state index contributed by atoms with van der Waals surface area (Å²) in [6, 6.07) is 6.33. The second-order valence-electron chi connectivity index (χ2n) is 4.34. The zero-order chi connectivity index (χ0) is 12.3. The SMILES string of the molecule is Cc1cccc(NC(C)Cn2ccnc2)c1N. The largest absolute Gasteiger partial charge is 0.397 e. The van der Waals surface area contributed by atoms with E-state index in [1.165, 1.54) is 0 Å². The number of hydrogen-bond donors (Lipinski definition) is 2. The van der Waals surface area contributed by atoms with Crippen LogP contribution in [0.3, 0.4) is 0 Å². The number of nitrogens with zero attached hydrogens (tertiary/aromatic N) is 2. The van der Waals surface area contributed by atoms with Crippen LogP contribution in [0.15, 0.2) is 36.9 Å². The van der Waals surface area contributed by atoms with Crippen molar-refractivity contribution in [3.63, 3.8) is 0 Å². The van der Waals surface area contributed by atoms with Gasteiger partial charge in [-0.25, -0.2) is 4.98 Å². The Balaban J connectivity index is 2.03. The molecule has 0 aliphatic rings. The first kappa shape index (κ1) is 11.5. The highest BCUT2D eigenvalue weighted by atomic mass is 15.1. The van der Waals surface area contributed by atoms with E-state index in [1.54, 1.807) is 6.20 Å². The van der Waals surface area contributed by atoms with Crippen molar-refractivity contribution in [1.82, 2.24) is 9.55 Å². The van der Waals surface area contributed by atoms with Crippen molar-refractivity contribution < 1.29 is 0 Å². The fourth-order valence-electron chi connectivity index (χ4n) is 1.83. The molecule has 1 aromatic carbocycles. The summed E-state index contributed by atoms with van der Waals surface area (Å²) in [6.45, 7) is 5.01. The standard InChI is InChI=1S/C13H18N4/c1-10-4-3-5-12(13(10)14)16-11(2)8-17-7-6-15-9-17/h3-7,9,11,16H,8,14H2,1-2H3. The first-order valence-corrected chi connectivity index (χ1v) is 5.74. The molecule has 0 aliphatic heterocycles. The van der Waals surface area contributed by atoms with Crippen molar-refractivity contribution in [3.05, 3.63) is 42.5 Å². The minimum Gasteiger partial charge on any atom is -0.397 e. The minimum atomic E-state index is 0.299. The number of nitrogens with one attached hydrogen (secondary N) is 1. The van der Waals surface area contributed by atoms with Gasteiger partial charge in [-0.1, -0.05) is 12.1 Å². The Bertz CT molecular complexity index is 476. The summed E-state index contributed by atoms with van der Waals surface area (Å²) in [7, 11) is 0. The third kappa shape index (κ3) is 2.78. The maximum Gasteiger partial charge on any atom is 0.0946 e. The molecule has 0 radical (unpaired) electrons. The predicted molar refractivity (Wildman–Crippen MR) is 70.9 cm³/mol. The molecule has 1 heterocycles. The summed E-state index contributed by atoms with van der Waals surface area (Å²) in [4.78, 5) is 4.02. The molecule has 0 aliphatic carbocycles. The van der Waals surface area contributed by atoms with E-state index in [4.69, 9.17) is 5.73 Å². The van der Waals surface area contributed by atoms with E-state index in [9.17, 15) is 0 Å². The number of aryl methyl sites for hydroxylation is 1. The fourth-order valence-corrected chi connectivity index (χ4v) is 1.83. The van der Waals surface area contributed by atoms with Crippen LogP contribution in [0.25, 0.3) is 0 Å². The van der Waals surface area contributed by atoms with Gasteiger partial charge in [0.25, 0.3) is 0 Å². The lowest BCUT2D eigenvalue weighted by Gasteiger charge is -2.18. The van der Waals surface area contributed by atoms with Crippen LogP contribution >= 0.6 is 0 Å². The number of benzene rings is 1. The molecular formula is C13H18N4. The molecule has 17 heavy (non-hydrogen) atoms. The van der Waals surface area contributed by atoms with E-state index in [1.807, 2.05) is 42.2 Å². The van der Waals surface area contributed by atoms with Crippen LogP contribution in [0.2, 0.25) is 0 Å². The number of rotatable bonds is 4. The Hall–Kier alpha value is -1.97. The quantitative estimate of drug-likeness (QED) is 0.792. The topological polar surface area (TPSA) is 55.9 Å². The molecular weight excluding hydrogens is 212 g/mol. The van der Waals surface area contributed by atoms with Gasteiger partial charge in [-0.2, -0.15) is 0 Å². The van der Waals surface area contributed by atoms with Gasteiger partial charge in [0.15, 0.2) is 0 Å². The Morgan fingerprint density at radius 2 is 2.29 bits per heavy atom. The maximum atomic E-state index is 6.02. The van der Waals surface area contributed by atoms with Crippen molar-refractivity contribution in [2.75, 3.05) is 11.1 Å². The van der Waals surface area contributed by atoms with E-state index < -0.39 is 0 Å². The zero-order valence-corrected chi connectivity index (χ0v) is 10.2. The monoisotopic (exact) mass is 230 g/mol. The van der Waals surface area contributed by atoms with Crippen molar-refractivity contribution in [3.8, 4) is 0 Å². The lowest BCUT2D eigenvalue weighted by Crippen LogP contribution is -2.22. The van der Waals surface area contributed by atoms with Crippen molar-refractivity contribution in [1.29, 1.82) is 0 Å². The van der Waals surface area contributed by atoms with E-state index >= 15 is 0 Å². The molecule has 90 valence electrons. The Morgan fingerprint density at radius 3 is 3.00 bits per heavy atom. The molecule has 0 fully saturated rings. The summed E-state index contributed by atoms with van der Waals surface area (Å²) in [6.07, 6.45) is 5.56. The molecule has 0 saturated carbocycles. The van der Waals surface area contributed by atoms with Crippen LogP contribution in [0.4, 0.5) is 11.4 Å². The smallest absolute Gasteiger partial charge is 0.0946 e. The van der Waals surface area contributed by atoms with Crippen LogP contribution in [0.1, 0.15) is 12.5 Å². The number of aromatic nitrogens is 2. The summed E-state index contributed by atoms with van der Waals surface area (Å²) in [5.41, 5.74) is 8.95. The van der Waals surface area contributed by atoms with Gasteiger partial charge in [0.1, 0.15) is 0 Å². The molecule has 4 heteroatoms. The molecule has 0 spiro atoms. The number of nitrogen functional groups attached to an aromatic ring is 1. The normalized spacial score (nSPS) is 12.4. The second kappa shape index (κ2) is 4.91. The number of imidazole rings is 1. The maximum absolute atomic E-state index is 6.02. The second-order valence-corrected chi connectivity index (χ2v) is 4.34. The molecule has 2 rings (SSSR count). The van der Waals surface area contributed by atoms with Gasteiger partial charge in [0, 0.05) is 25.0 Å².